The zero-order valence-corrected chi connectivity index (χ0v) is 21.5. The highest BCUT2D eigenvalue weighted by atomic mass is 16.5. The van der Waals surface area contributed by atoms with Crippen LogP contribution in [-0.2, 0) is 6.54 Å². The second-order valence-electron chi connectivity index (χ2n) is 10.1. The summed E-state index contributed by atoms with van der Waals surface area (Å²) < 4.78 is 6.34. The fourth-order valence-electron chi connectivity index (χ4n) is 5.22. The molecule has 2 fully saturated rings. The number of nitrogen functional groups attached to an aromatic ring is 1. The van der Waals surface area contributed by atoms with E-state index in [-0.39, 0.29) is 6.10 Å². The Morgan fingerprint density at radius 2 is 1.69 bits per heavy atom. The summed E-state index contributed by atoms with van der Waals surface area (Å²) in [6, 6.07) is 17.4. The van der Waals surface area contributed by atoms with Gasteiger partial charge in [-0.2, -0.15) is 0 Å². The number of rotatable bonds is 7. The van der Waals surface area contributed by atoms with Crippen molar-refractivity contribution in [2.24, 2.45) is 0 Å². The highest BCUT2D eigenvalue weighted by molar-refractivity contribution is 5.40. The second-order valence-corrected chi connectivity index (χ2v) is 10.1. The van der Waals surface area contributed by atoms with Gasteiger partial charge in [0.15, 0.2) is 0 Å². The number of hydrogen-bond donors (Lipinski definition) is 1. The van der Waals surface area contributed by atoms with Crippen LogP contribution >= 0.6 is 0 Å². The molecule has 2 aliphatic heterocycles. The van der Waals surface area contributed by atoms with Crippen LogP contribution in [0.4, 0.5) is 11.6 Å². The van der Waals surface area contributed by atoms with E-state index in [1.807, 2.05) is 12.3 Å². The van der Waals surface area contributed by atoms with Gasteiger partial charge in [0, 0.05) is 64.2 Å². The third kappa shape index (κ3) is 6.15. The molecule has 2 aliphatic rings. The fourth-order valence-corrected chi connectivity index (χ4v) is 5.22. The lowest BCUT2D eigenvalue weighted by atomic mass is 10.0. The molecule has 0 saturated carbocycles. The van der Waals surface area contributed by atoms with Crippen LogP contribution in [-0.4, -0.2) is 65.1 Å². The highest BCUT2D eigenvalue weighted by Crippen LogP contribution is 2.27. The molecule has 4 heterocycles. The quantitative estimate of drug-likeness (QED) is 0.534. The minimum Gasteiger partial charge on any atom is -0.490 e. The van der Waals surface area contributed by atoms with Gasteiger partial charge in [0.25, 0.3) is 0 Å². The summed E-state index contributed by atoms with van der Waals surface area (Å²) in [6.45, 7) is 11.5. The molecule has 0 amide bonds. The van der Waals surface area contributed by atoms with Gasteiger partial charge in [0.1, 0.15) is 23.5 Å². The van der Waals surface area contributed by atoms with E-state index in [0.717, 1.165) is 70.2 Å². The Balaban J connectivity index is 1.06. The van der Waals surface area contributed by atoms with E-state index in [0.29, 0.717) is 11.9 Å². The molecule has 3 aromatic rings. The molecule has 7 heteroatoms. The maximum Gasteiger partial charge on any atom is 0.128 e. The monoisotopic (exact) mass is 486 g/mol. The molecule has 5 rings (SSSR count). The first-order valence-corrected chi connectivity index (χ1v) is 13.1. The van der Waals surface area contributed by atoms with Gasteiger partial charge >= 0.3 is 0 Å². The molecule has 0 aliphatic carbocycles. The zero-order chi connectivity index (χ0) is 24.9. The topological polar surface area (TPSA) is 70.8 Å². The van der Waals surface area contributed by atoms with Crippen molar-refractivity contribution in [2.45, 2.75) is 45.4 Å². The number of hydrogen-bond acceptors (Lipinski definition) is 7. The maximum absolute atomic E-state index is 6.34. The van der Waals surface area contributed by atoms with Gasteiger partial charge in [-0.15, -0.1) is 0 Å². The number of likely N-dealkylation sites (tertiary alicyclic amines) is 1. The maximum atomic E-state index is 6.34. The van der Waals surface area contributed by atoms with Crippen molar-refractivity contribution >= 4 is 11.6 Å². The zero-order valence-electron chi connectivity index (χ0n) is 21.5. The van der Waals surface area contributed by atoms with E-state index in [1.165, 1.54) is 16.7 Å². The van der Waals surface area contributed by atoms with E-state index in [1.54, 1.807) is 6.20 Å². The van der Waals surface area contributed by atoms with Crippen LogP contribution < -0.4 is 15.4 Å². The molecule has 2 N–H and O–H groups in total. The van der Waals surface area contributed by atoms with Crippen LogP contribution in [0.15, 0.2) is 60.9 Å². The smallest absolute Gasteiger partial charge is 0.128 e. The molecule has 7 nitrogen and oxygen atoms in total. The molecule has 1 atom stereocenters. The molecule has 0 bridgehead atoms. The van der Waals surface area contributed by atoms with Crippen LogP contribution in [0.2, 0.25) is 0 Å². The summed E-state index contributed by atoms with van der Waals surface area (Å²) in [5.74, 6) is 2.65. The average Bonchev–Trinajstić information content (AvgIpc) is 2.91. The highest BCUT2D eigenvalue weighted by Gasteiger charge is 2.25. The second kappa shape index (κ2) is 11.3. The van der Waals surface area contributed by atoms with Crippen molar-refractivity contribution in [3.8, 4) is 5.75 Å². The van der Waals surface area contributed by atoms with Gasteiger partial charge in [0.05, 0.1) is 0 Å². The number of piperazine rings is 1. The number of ether oxygens (including phenoxy) is 1. The van der Waals surface area contributed by atoms with Crippen LogP contribution in [0.25, 0.3) is 0 Å². The third-order valence-corrected chi connectivity index (χ3v) is 7.54. The molecule has 1 aromatic carbocycles. The minimum absolute atomic E-state index is 0.269. The van der Waals surface area contributed by atoms with Crippen molar-refractivity contribution in [1.29, 1.82) is 0 Å². The number of pyridine rings is 2. The lowest BCUT2D eigenvalue weighted by Crippen LogP contribution is -2.46. The molecule has 36 heavy (non-hydrogen) atoms. The first-order valence-electron chi connectivity index (χ1n) is 13.1. The van der Waals surface area contributed by atoms with E-state index < -0.39 is 0 Å². The Labute approximate surface area is 214 Å². The molecule has 2 aromatic heterocycles. The van der Waals surface area contributed by atoms with Crippen molar-refractivity contribution in [3.05, 3.63) is 77.6 Å². The van der Waals surface area contributed by atoms with Crippen molar-refractivity contribution in [3.63, 3.8) is 0 Å². The van der Waals surface area contributed by atoms with Crippen LogP contribution in [0, 0.1) is 6.92 Å². The van der Waals surface area contributed by atoms with Crippen LogP contribution in [0.3, 0.4) is 0 Å². The largest absolute Gasteiger partial charge is 0.490 e. The standard InChI is InChI=1S/C29H38N6O/c1-22-3-8-29(32-20-22)35-17-15-33(16-18-35)21-24-4-6-26(7-5-24)36-27-10-13-34(14-11-27)23(2)25-9-12-31-28(30)19-25/h3-9,12,19-20,23,27H,10-11,13-18,21H2,1-2H3,(H2,30,31). The number of piperidine rings is 1. The average molecular weight is 487 g/mol. The predicted molar refractivity (Wildman–Crippen MR) is 145 cm³/mol. The summed E-state index contributed by atoms with van der Waals surface area (Å²) in [4.78, 5) is 16.1. The van der Waals surface area contributed by atoms with Gasteiger partial charge < -0.3 is 15.4 Å². The predicted octanol–water partition coefficient (Wildman–Crippen LogP) is 4.29. The Bertz CT molecular complexity index is 1100. The Morgan fingerprint density at radius 3 is 2.36 bits per heavy atom. The Kier molecular flexibility index (Phi) is 7.68. The van der Waals surface area contributed by atoms with Crippen molar-refractivity contribution in [1.82, 2.24) is 19.8 Å². The number of benzene rings is 1. The molecule has 0 spiro atoms. The summed E-state index contributed by atoms with van der Waals surface area (Å²) in [7, 11) is 0. The van der Waals surface area contributed by atoms with E-state index >= 15 is 0 Å². The molecule has 0 radical (unpaired) electrons. The van der Waals surface area contributed by atoms with Gasteiger partial charge in [-0.3, -0.25) is 9.80 Å². The number of nitrogens with zero attached hydrogens (tertiary/aromatic N) is 5. The molecular weight excluding hydrogens is 448 g/mol. The normalized spacial score (nSPS) is 18.8. The van der Waals surface area contributed by atoms with E-state index in [4.69, 9.17) is 10.5 Å². The number of aryl methyl sites for hydroxylation is 1. The summed E-state index contributed by atoms with van der Waals surface area (Å²) in [5.41, 5.74) is 9.64. The van der Waals surface area contributed by atoms with E-state index in [9.17, 15) is 0 Å². The van der Waals surface area contributed by atoms with Crippen LogP contribution in [0.5, 0.6) is 5.75 Å². The van der Waals surface area contributed by atoms with Crippen molar-refractivity contribution < 1.29 is 4.74 Å². The number of nitrogens with two attached hydrogens (primary N) is 1. The molecule has 190 valence electrons. The Hall–Kier alpha value is -3.16. The minimum atomic E-state index is 0.269. The lowest BCUT2D eigenvalue weighted by molar-refractivity contribution is 0.0797. The number of aromatic nitrogens is 2. The van der Waals surface area contributed by atoms with Crippen molar-refractivity contribution in [2.75, 3.05) is 49.9 Å². The molecule has 1 unspecified atom stereocenters. The molecular formula is C29H38N6O. The summed E-state index contributed by atoms with van der Waals surface area (Å²) >= 11 is 0. The van der Waals surface area contributed by atoms with Gasteiger partial charge in [0.2, 0.25) is 0 Å². The van der Waals surface area contributed by atoms with Crippen LogP contribution in [0.1, 0.15) is 42.5 Å². The summed E-state index contributed by atoms with van der Waals surface area (Å²) in [5, 5.41) is 0. The Morgan fingerprint density at radius 1 is 0.944 bits per heavy atom. The fraction of sp³-hybridized carbons (Fsp3) is 0.448. The first kappa shape index (κ1) is 24.5. The SMILES string of the molecule is Cc1ccc(N2CCN(Cc3ccc(OC4CCN(C(C)c5ccnc(N)c5)CC4)cc3)CC2)nc1. The summed E-state index contributed by atoms with van der Waals surface area (Å²) in [6.07, 6.45) is 6.09. The lowest BCUT2D eigenvalue weighted by Gasteiger charge is -2.36. The van der Waals surface area contributed by atoms with E-state index in [2.05, 4.69) is 81.0 Å². The number of anilines is 2. The first-order chi connectivity index (χ1) is 17.5. The van der Waals surface area contributed by atoms with Gasteiger partial charge in [-0.1, -0.05) is 18.2 Å². The molecule has 2 saturated heterocycles. The third-order valence-electron chi connectivity index (χ3n) is 7.54. The van der Waals surface area contributed by atoms with Gasteiger partial charge in [-0.05, 0) is 73.7 Å². The van der Waals surface area contributed by atoms with Gasteiger partial charge in [-0.25, -0.2) is 9.97 Å².